The van der Waals surface area contributed by atoms with E-state index in [4.69, 9.17) is 15.2 Å². The summed E-state index contributed by atoms with van der Waals surface area (Å²) >= 11 is 0. The van der Waals surface area contributed by atoms with Gasteiger partial charge in [0.2, 0.25) is 0 Å². The van der Waals surface area contributed by atoms with Crippen LogP contribution >= 0.6 is 0 Å². The SMILES string of the molecule is COCCC(C)(CN)Nc1ccc(OC)cc1. The van der Waals surface area contributed by atoms with Crippen molar-refractivity contribution in [2.24, 2.45) is 5.73 Å². The van der Waals surface area contributed by atoms with Gasteiger partial charge >= 0.3 is 0 Å². The van der Waals surface area contributed by atoms with Gasteiger partial charge in [-0.2, -0.15) is 0 Å². The van der Waals surface area contributed by atoms with Crippen molar-refractivity contribution in [2.45, 2.75) is 18.9 Å². The molecule has 96 valence electrons. The van der Waals surface area contributed by atoms with Crippen LogP contribution in [-0.2, 0) is 4.74 Å². The maximum Gasteiger partial charge on any atom is 0.119 e. The Morgan fingerprint density at radius 3 is 2.35 bits per heavy atom. The van der Waals surface area contributed by atoms with E-state index in [0.29, 0.717) is 13.2 Å². The minimum atomic E-state index is -0.148. The van der Waals surface area contributed by atoms with E-state index >= 15 is 0 Å². The van der Waals surface area contributed by atoms with Crippen molar-refractivity contribution < 1.29 is 9.47 Å². The van der Waals surface area contributed by atoms with E-state index in [9.17, 15) is 0 Å². The van der Waals surface area contributed by atoms with Crippen LogP contribution in [0.25, 0.3) is 0 Å². The highest BCUT2D eigenvalue weighted by Crippen LogP contribution is 2.20. The standard InChI is InChI=1S/C13H22N2O2/c1-13(10-14,8-9-16-2)15-11-4-6-12(17-3)7-5-11/h4-7,15H,8-10,14H2,1-3H3. The van der Waals surface area contributed by atoms with Crippen LogP contribution in [0.4, 0.5) is 5.69 Å². The van der Waals surface area contributed by atoms with Crippen LogP contribution in [0.1, 0.15) is 13.3 Å². The maximum atomic E-state index is 5.81. The summed E-state index contributed by atoms with van der Waals surface area (Å²) in [7, 11) is 3.36. The number of ether oxygens (including phenoxy) is 2. The number of benzene rings is 1. The van der Waals surface area contributed by atoms with Gasteiger partial charge in [-0.15, -0.1) is 0 Å². The third-order valence-corrected chi connectivity index (χ3v) is 2.84. The third-order valence-electron chi connectivity index (χ3n) is 2.84. The first-order valence-corrected chi connectivity index (χ1v) is 5.75. The Morgan fingerprint density at radius 1 is 1.24 bits per heavy atom. The molecule has 1 aromatic carbocycles. The number of hydrogen-bond acceptors (Lipinski definition) is 4. The fourth-order valence-electron chi connectivity index (χ4n) is 1.57. The molecule has 0 amide bonds. The van der Waals surface area contributed by atoms with Crippen molar-refractivity contribution in [1.82, 2.24) is 0 Å². The summed E-state index contributed by atoms with van der Waals surface area (Å²) in [4.78, 5) is 0. The molecule has 0 fully saturated rings. The van der Waals surface area contributed by atoms with Crippen LogP contribution in [0.5, 0.6) is 5.75 Å². The Morgan fingerprint density at radius 2 is 1.88 bits per heavy atom. The zero-order valence-corrected chi connectivity index (χ0v) is 10.8. The largest absolute Gasteiger partial charge is 0.497 e. The second-order valence-electron chi connectivity index (χ2n) is 4.36. The average molecular weight is 238 g/mol. The molecule has 0 bridgehead atoms. The van der Waals surface area contributed by atoms with Crippen LogP contribution in [-0.4, -0.2) is 32.9 Å². The Hall–Kier alpha value is -1.26. The van der Waals surface area contributed by atoms with Crippen molar-refractivity contribution in [3.8, 4) is 5.75 Å². The van der Waals surface area contributed by atoms with E-state index in [0.717, 1.165) is 17.9 Å². The molecule has 4 nitrogen and oxygen atoms in total. The maximum absolute atomic E-state index is 5.81. The summed E-state index contributed by atoms with van der Waals surface area (Å²) in [6.07, 6.45) is 0.867. The molecule has 0 saturated carbocycles. The molecule has 0 spiro atoms. The molecule has 1 unspecified atom stereocenters. The number of nitrogens with one attached hydrogen (secondary N) is 1. The molecular weight excluding hydrogens is 216 g/mol. The predicted molar refractivity (Wildman–Crippen MR) is 70.6 cm³/mol. The number of nitrogens with two attached hydrogens (primary N) is 1. The molecule has 0 aliphatic heterocycles. The lowest BCUT2D eigenvalue weighted by Gasteiger charge is -2.30. The molecule has 0 aliphatic rings. The van der Waals surface area contributed by atoms with Crippen LogP contribution < -0.4 is 15.8 Å². The predicted octanol–water partition coefficient (Wildman–Crippen LogP) is 1.86. The van der Waals surface area contributed by atoms with Crippen LogP contribution in [0.2, 0.25) is 0 Å². The minimum absolute atomic E-state index is 0.148. The molecule has 4 heteroatoms. The molecule has 17 heavy (non-hydrogen) atoms. The highest BCUT2D eigenvalue weighted by Gasteiger charge is 2.21. The molecule has 0 radical (unpaired) electrons. The number of rotatable bonds is 7. The second kappa shape index (κ2) is 6.47. The van der Waals surface area contributed by atoms with Gasteiger partial charge in [0.15, 0.2) is 0 Å². The fraction of sp³-hybridized carbons (Fsp3) is 0.538. The van der Waals surface area contributed by atoms with Crippen molar-refractivity contribution in [3.63, 3.8) is 0 Å². The van der Waals surface area contributed by atoms with Gasteiger partial charge < -0.3 is 20.5 Å². The summed E-state index contributed by atoms with van der Waals surface area (Å²) in [6.45, 7) is 3.34. The van der Waals surface area contributed by atoms with Gasteiger partial charge in [-0.25, -0.2) is 0 Å². The van der Waals surface area contributed by atoms with Gasteiger partial charge in [0.1, 0.15) is 5.75 Å². The van der Waals surface area contributed by atoms with Gasteiger partial charge in [-0.1, -0.05) is 0 Å². The van der Waals surface area contributed by atoms with E-state index in [1.807, 2.05) is 24.3 Å². The summed E-state index contributed by atoms with van der Waals surface area (Å²) in [5.41, 5.74) is 6.70. The topological polar surface area (TPSA) is 56.5 Å². The fourth-order valence-corrected chi connectivity index (χ4v) is 1.57. The molecular formula is C13H22N2O2. The lowest BCUT2D eigenvalue weighted by atomic mass is 9.98. The first kappa shape index (κ1) is 13.8. The number of methoxy groups -OCH3 is 2. The van der Waals surface area contributed by atoms with Gasteiger partial charge in [0.25, 0.3) is 0 Å². The quantitative estimate of drug-likeness (QED) is 0.761. The van der Waals surface area contributed by atoms with Crippen molar-refractivity contribution in [3.05, 3.63) is 24.3 Å². The minimum Gasteiger partial charge on any atom is -0.497 e. The normalized spacial score (nSPS) is 14.1. The van der Waals surface area contributed by atoms with E-state index in [2.05, 4.69) is 12.2 Å². The van der Waals surface area contributed by atoms with E-state index < -0.39 is 0 Å². The number of anilines is 1. The van der Waals surface area contributed by atoms with E-state index in [-0.39, 0.29) is 5.54 Å². The smallest absolute Gasteiger partial charge is 0.119 e. The van der Waals surface area contributed by atoms with Gasteiger partial charge in [-0.3, -0.25) is 0 Å². The van der Waals surface area contributed by atoms with Crippen LogP contribution in [0.3, 0.4) is 0 Å². The Bertz CT molecular complexity index is 327. The van der Waals surface area contributed by atoms with Crippen LogP contribution in [0.15, 0.2) is 24.3 Å². The van der Waals surface area contributed by atoms with Gasteiger partial charge in [0, 0.05) is 31.5 Å². The molecule has 0 saturated heterocycles. The molecule has 1 rings (SSSR count). The van der Waals surface area contributed by atoms with E-state index in [1.54, 1.807) is 14.2 Å². The highest BCUT2D eigenvalue weighted by atomic mass is 16.5. The third kappa shape index (κ3) is 4.24. The Labute approximate surface area is 103 Å². The summed E-state index contributed by atoms with van der Waals surface area (Å²) in [5, 5.41) is 3.43. The molecule has 0 heterocycles. The first-order valence-electron chi connectivity index (χ1n) is 5.75. The van der Waals surface area contributed by atoms with Crippen LogP contribution in [0, 0.1) is 0 Å². The molecule has 1 atom stereocenters. The average Bonchev–Trinajstić information content (AvgIpc) is 2.37. The lowest BCUT2D eigenvalue weighted by molar-refractivity contribution is 0.177. The highest BCUT2D eigenvalue weighted by molar-refractivity contribution is 5.48. The van der Waals surface area contributed by atoms with E-state index in [1.165, 1.54) is 0 Å². The van der Waals surface area contributed by atoms with Gasteiger partial charge in [-0.05, 0) is 37.6 Å². The Balaban J connectivity index is 2.65. The van der Waals surface area contributed by atoms with Crippen molar-refractivity contribution >= 4 is 5.69 Å². The first-order chi connectivity index (χ1) is 8.13. The second-order valence-corrected chi connectivity index (χ2v) is 4.36. The molecule has 3 N–H and O–H groups in total. The molecule has 0 aromatic heterocycles. The molecule has 1 aromatic rings. The lowest BCUT2D eigenvalue weighted by Crippen LogP contribution is -2.43. The monoisotopic (exact) mass is 238 g/mol. The molecule has 0 aliphatic carbocycles. The van der Waals surface area contributed by atoms with Crippen molar-refractivity contribution in [2.75, 3.05) is 32.7 Å². The summed E-state index contributed by atoms with van der Waals surface area (Å²) < 4.78 is 10.2. The zero-order valence-electron chi connectivity index (χ0n) is 10.8. The summed E-state index contributed by atoms with van der Waals surface area (Å²) in [5.74, 6) is 0.849. The van der Waals surface area contributed by atoms with Crippen molar-refractivity contribution in [1.29, 1.82) is 0 Å². The zero-order chi connectivity index (χ0) is 12.7. The Kier molecular flexibility index (Phi) is 5.25. The van der Waals surface area contributed by atoms with Gasteiger partial charge in [0.05, 0.1) is 7.11 Å². The number of hydrogen-bond donors (Lipinski definition) is 2. The summed E-state index contributed by atoms with van der Waals surface area (Å²) in [6, 6.07) is 7.82.